The first-order chi connectivity index (χ1) is 18.1. The number of hydrogen-bond donors (Lipinski definition) is 2. The highest BCUT2D eigenvalue weighted by Gasteiger charge is 2.22. The van der Waals surface area contributed by atoms with Gasteiger partial charge < -0.3 is 15.5 Å². The Labute approximate surface area is 230 Å². The number of nitrogens with one attached hydrogen (secondary N) is 2. The molecule has 6 rings (SSSR count). The van der Waals surface area contributed by atoms with Gasteiger partial charge in [-0.05, 0) is 73.5 Å². The normalized spacial score (nSPS) is 17.8. The molecule has 0 spiro atoms. The molecule has 8 heteroatoms. The number of anilines is 2. The van der Waals surface area contributed by atoms with Crippen LogP contribution < -0.4 is 15.5 Å². The molecule has 5 aromatic rings. The lowest BCUT2D eigenvalue weighted by Gasteiger charge is -2.30. The van der Waals surface area contributed by atoms with Gasteiger partial charge in [-0.25, -0.2) is 4.98 Å². The van der Waals surface area contributed by atoms with Crippen molar-refractivity contribution in [3.63, 3.8) is 0 Å². The van der Waals surface area contributed by atoms with Crippen molar-refractivity contribution in [2.45, 2.75) is 44.3 Å². The summed E-state index contributed by atoms with van der Waals surface area (Å²) in [7, 11) is 4.07. The smallest absolute Gasteiger partial charge is 0.225 e. The molecule has 1 fully saturated rings. The van der Waals surface area contributed by atoms with Crippen molar-refractivity contribution < 1.29 is 0 Å². The lowest BCUT2D eigenvalue weighted by atomic mass is 9.91. The second-order valence-electron chi connectivity index (χ2n) is 9.76. The summed E-state index contributed by atoms with van der Waals surface area (Å²) in [6.07, 6.45) is 4.58. The topological polar surface area (TPSA) is 53.1 Å². The van der Waals surface area contributed by atoms with Crippen molar-refractivity contribution in [3.8, 4) is 19.5 Å². The molecule has 0 amide bonds. The number of thiophene rings is 3. The van der Waals surface area contributed by atoms with E-state index in [1.165, 1.54) is 37.2 Å². The van der Waals surface area contributed by atoms with Crippen LogP contribution in [0.25, 0.3) is 30.4 Å². The largest absolute Gasteiger partial charge is 0.362 e. The van der Waals surface area contributed by atoms with Crippen molar-refractivity contribution in [3.05, 3.63) is 70.9 Å². The van der Waals surface area contributed by atoms with Crippen molar-refractivity contribution in [1.82, 2.24) is 15.3 Å². The summed E-state index contributed by atoms with van der Waals surface area (Å²) in [5.41, 5.74) is 0.986. The van der Waals surface area contributed by atoms with Crippen LogP contribution >= 0.6 is 34.0 Å². The first-order valence-electron chi connectivity index (χ1n) is 12.8. The standard InChI is InChI=1S/C29H31N5S3/c1-34(2)28-22-6-3-4-7-23(22)32-29(33-28)31-20-11-9-19(10-12-20)30-18-21-13-14-26(36-21)27-16-15-25(37-27)24-8-5-17-35-24/h3-8,13-17,19-20,30H,9-12,18H2,1-2H3,(H,31,32,33). The summed E-state index contributed by atoms with van der Waals surface area (Å²) >= 11 is 5.60. The molecule has 4 heterocycles. The number of aromatic nitrogens is 2. The predicted octanol–water partition coefficient (Wildman–Crippen LogP) is 7.73. The maximum atomic E-state index is 4.82. The van der Waals surface area contributed by atoms with E-state index in [-0.39, 0.29) is 0 Å². The van der Waals surface area contributed by atoms with E-state index < -0.39 is 0 Å². The Morgan fingerprint density at radius 1 is 0.784 bits per heavy atom. The zero-order valence-corrected chi connectivity index (χ0v) is 23.6. The van der Waals surface area contributed by atoms with Crippen LogP contribution in [0.5, 0.6) is 0 Å². The van der Waals surface area contributed by atoms with Gasteiger partial charge in [-0.1, -0.05) is 18.2 Å². The molecule has 0 saturated heterocycles. The molecule has 1 aliphatic rings. The average Bonchev–Trinajstić information content (AvgIpc) is 3.69. The van der Waals surface area contributed by atoms with E-state index in [9.17, 15) is 0 Å². The highest BCUT2D eigenvalue weighted by Crippen LogP contribution is 2.39. The highest BCUT2D eigenvalue weighted by molar-refractivity contribution is 7.26. The molecule has 190 valence electrons. The molecular formula is C29H31N5S3. The van der Waals surface area contributed by atoms with E-state index in [4.69, 9.17) is 9.97 Å². The molecule has 1 aromatic carbocycles. The van der Waals surface area contributed by atoms with Gasteiger partial charge in [-0.2, -0.15) is 4.98 Å². The highest BCUT2D eigenvalue weighted by atomic mass is 32.1. The quantitative estimate of drug-likeness (QED) is 0.209. The summed E-state index contributed by atoms with van der Waals surface area (Å²) in [6.45, 7) is 0.941. The van der Waals surface area contributed by atoms with Gasteiger partial charge in [0, 0.05) is 62.5 Å². The van der Waals surface area contributed by atoms with Crippen molar-refractivity contribution >= 4 is 56.7 Å². The SMILES string of the molecule is CN(C)c1nc(NC2CCC(NCc3ccc(-c4ccc(-c5cccs5)s4)s3)CC2)nc2ccccc12. The van der Waals surface area contributed by atoms with Crippen LogP contribution in [0.4, 0.5) is 11.8 Å². The van der Waals surface area contributed by atoms with E-state index in [1.54, 1.807) is 11.3 Å². The van der Waals surface area contributed by atoms with E-state index >= 15 is 0 Å². The summed E-state index contributed by atoms with van der Waals surface area (Å²) < 4.78 is 0. The Morgan fingerprint density at radius 3 is 2.30 bits per heavy atom. The molecule has 0 unspecified atom stereocenters. The van der Waals surface area contributed by atoms with Gasteiger partial charge >= 0.3 is 0 Å². The van der Waals surface area contributed by atoms with Crippen molar-refractivity contribution in [1.29, 1.82) is 0 Å². The van der Waals surface area contributed by atoms with Crippen molar-refractivity contribution in [2.24, 2.45) is 0 Å². The first-order valence-corrected chi connectivity index (χ1v) is 15.3. The van der Waals surface area contributed by atoms with E-state index in [1.807, 2.05) is 48.9 Å². The maximum absolute atomic E-state index is 4.82. The van der Waals surface area contributed by atoms with Crippen LogP contribution in [-0.4, -0.2) is 36.1 Å². The molecule has 1 saturated carbocycles. The van der Waals surface area contributed by atoms with Gasteiger partial charge in [0.25, 0.3) is 0 Å². The van der Waals surface area contributed by atoms with Crippen LogP contribution in [-0.2, 0) is 6.54 Å². The monoisotopic (exact) mass is 545 g/mol. The fraction of sp³-hybridized carbons (Fsp3) is 0.310. The molecule has 0 bridgehead atoms. The van der Waals surface area contributed by atoms with Crippen molar-refractivity contribution in [2.75, 3.05) is 24.3 Å². The molecule has 37 heavy (non-hydrogen) atoms. The Kier molecular flexibility index (Phi) is 7.24. The van der Waals surface area contributed by atoms with Crippen LogP contribution in [0, 0.1) is 0 Å². The van der Waals surface area contributed by atoms with Gasteiger partial charge in [0.05, 0.1) is 5.52 Å². The fourth-order valence-electron chi connectivity index (χ4n) is 4.96. The average molecular weight is 546 g/mol. The zero-order chi connectivity index (χ0) is 25.2. The lowest BCUT2D eigenvalue weighted by Crippen LogP contribution is -2.36. The predicted molar refractivity (Wildman–Crippen MR) is 161 cm³/mol. The third kappa shape index (κ3) is 5.57. The Bertz CT molecular complexity index is 1460. The van der Waals surface area contributed by atoms with Gasteiger partial charge in [0.1, 0.15) is 5.82 Å². The Balaban J connectivity index is 1.02. The van der Waals surface area contributed by atoms with E-state index in [2.05, 4.69) is 69.4 Å². The summed E-state index contributed by atoms with van der Waals surface area (Å²) in [5.74, 6) is 1.70. The third-order valence-electron chi connectivity index (χ3n) is 6.91. The number of nitrogens with zero attached hydrogens (tertiary/aromatic N) is 3. The number of benzene rings is 1. The number of rotatable bonds is 8. The molecular weight excluding hydrogens is 515 g/mol. The van der Waals surface area contributed by atoms with E-state index in [0.29, 0.717) is 12.1 Å². The zero-order valence-electron chi connectivity index (χ0n) is 21.1. The second kappa shape index (κ2) is 10.9. The molecule has 0 radical (unpaired) electrons. The third-order valence-corrected chi connectivity index (χ3v) is 10.3. The summed E-state index contributed by atoms with van der Waals surface area (Å²) in [6, 6.07) is 22.6. The molecule has 0 atom stereocenters. The van der Waals surface area contributed by atoms with Gasteiger partial charge in [0.2, 0.25) is 5.95 Å². The second-order valence-corrected chi connectivity index (χ2v) is 13.0. The minimum Gasteiger partial charge on any atom is -0.362 e. The molecule has 1 aliphatic carbocycles. The fourth-order valence-corrected chi connectivity index (χ4v) is 7.85. The number of hydrogen-bond acceptors (Lipinski definition) is 8. The van der Waals surface area contributed by atoms with Gasteiger partial charge in [-0.3, -0.25) is 0 Å². The first kappa shape index (κ1) is 24.6. The summed E-state index contributed by atoms with van der Waals surface area (Å²) in [5, 5.41) is 10.7. The molecule has 4 aromatic heterocycles. The lowest BCUT2D eigenvalue weighted by molar-refractivity contribution is 0.353. The minimum absolute atomic E-state index is 0.416. The molecule has 0 aliphatic heterocycles. The van der Waals surface area contributed by atoms with Crippen LogP contribution in [0.1, 0.15) is 30.6 Å². The van der Waals surface area contributed by atoms with Gasteiger partial charge in [0.15, 0.2) is 0 Å². The number of para-hydroxylation sites is 1. The van der Waals surface area contributed by atoms with Crippen LogP contribution in [0.15, 0.2) is 66.0 Å². The number of fused-ring (bicyclic) bond motifs is 1. The summed E-state index contributed by atoms with van der Waals surface area (Å²) in [4.78, 5) is 18.5. The van der Waals surface area contributed by atoms with E-state index in [0.717, 1.165) is 42.1 Å². The molecule has 2 N–H and O–H groups in total. The minimum atomic E-state index is 0.416. The van der Waals surface area contributed by atoms with Gasteiger partial charge in [-0.15, -0.1) is 34.0 Å². The molecule has 5 nitrogen and oxygen atoms in total. The van der Waals surface area contributed by atoms with Crippen LogP contribution in [0.2, 0.25) is 0 Å². The maximum Gasteiger partial charge on any atom is 0.225 e. The van der Waals surface area contributed by atoms with Crippen LogP contribution in [0.3, 0.4) is 0 Å². The Hall–Kier alpha value is -2.78. The Morgan fingerprint density at radius 2 is 1.51 bits per heavy atom.